The average Bonchev–Trinajstić information content (AvgIpc) is 3.66. The fraction of sp³-hybridized carbons (Fsp3) is 0.0476. The van der Waals surface area contributed by atoms with Gasteiger partial charge in [0.2, 0.25) is 0 Å². The van der Waals surface area contributed by atoms with Crippen LogP contribution in [-0.4, -0.2) is 0 Å². The summed E-state index contributed by atoms with van der Waals surface area (Å²) in [6, 6.07) is 51.2. The summed E-state index contributed by atoms with van der Waals surface area (Å²) in [5.41, 5.74) is 9.82. The molecule has 8 aromatic rings. The van der Waals surface area contributed by atoms with Crippen molar-refractivity contribution in [2.24, 2.45) is 0 Å². The minimum atomic E-state index is 1.12. The Balaban J connectivity index is 1.30. The molecule has 2 aromatic heterocycles. The van der Waals surface area contributed by atoms with Crippen LogP contribution >= 0.6 is 22.7 Å². The molecule has 0 bridgehead atoms. The SMILES string of the molecule is C1=Cc2c(sc3cc(N(c4ccc(-c5ccccc5)cc4)c4ccc5c(c4)sc4ccccc45)c(-c4ccccc4)cc23)CC1. The quantitative estimate of drug-likeness (QED) is 0.187. The highest BCUT2D eigenvalue weighted by molar-refractivity contribution is 7.25. The molecule has 214 valence electrons. The lowest BCUT2D eigenvalue weighted by molar-refractivity contribution is 1.02. The third-order valence-electron chi connectivity index (χ3n) is 8.92. The maximum absolute atomic E-state index is 2.47. The van der Waals surface area contributed by atoms with Gasteiger partial charge >= 0.3 is 0 Å². The van der Waals surface area contributed by atoms with Gasteiger partial charge in [0.25, 0.3) is 0 Å². The van der Waals surface area contributed by atoms with Gasteiger partial charge in [0.15, 0.2) is 0 Å². The predicted octanol–water partition coefficient (Wildman–Crippen LogP) is 13.0. The van der Waals surface area contributed by atoms with Gasteiger partial charge in [0.1, 0.15) is 0 Å². The van der Waals surface area contributed by atoms with Crippen LogP contribution in [-0.2, 0) is 6.42 Å². The van der Waals surface area contributed by atoms with E-state index in [1.807, 2.05) is 22.7 Å². The molecule has 0 saturated heterocycles. The third-order valence-corrected chi connectivity index (χ3v) is 11.3. The van der Waals surface area contributed by atoms with E-state index >= 15 is 0 Å². The lowest BCUT2D eigenvalue weighted by Gasteiger charge is -2.28. The zero-order valence-electron chi connectivity index (χ0n) is 24.6. The molecule has 0 spiro atoms. The number of rotatable bonds is 5. The van der Waals surface area contributed by atoms with Gasteiger partial charge in [-0.25, -0.2) is 0 Å². The Morgan fingerprint density at radius 2 is 1.16 bits per heavy atom. The van der Waals surface area contributed by atoms with Crippen LogP contribution in [0, 0.1) is 0 Å². The summed E-state index contributed by atoms with van der Waals surface area (Å²) >= 11 is 3.83. The van der Waals surface area contributed by atoms with Crippen molar-refractivity contribution in [1.29, 1.82) is 0 Å². The van der Waals surface area contributed by atoms with Crippen molar-refractivity contribution in [2.75, 3.05) is 4.90 Å². The summed E-state index contributed by atoms with van der Waals surface area (Å²) in [7, 11) is 0. The Hall–Kier alpha value is -4.96. The summed E-state index contributed by atoms with van der Waals surface area (Å²) in [6.45, 7) is 0. The van der Waals surface area contributed by atoms with E-state index < -0.39 is 0 Å². The van der Waals surface area contributed by atoms with Crippen LogP contribution in [0.1, 0.15) is 16.9 Å². The predicted molar refractivity (Wildman–Crippen MR) is 198 cm³/mol. The van der Waals surface area contributed by atoms with Crippen LogP contribution < -0.4 is 4.90 Å². The first kappa shape index (κ1) is 26.4. The summed E-state index contributed by atoms with van der Waals surface area (Å²) in [4.78, 5) is 3.96. The molecule has 0 amide bonds. The van der Waals surface area contributed by atoms with E-state index in [1.54, 1.807) is 0 Å². The van der Waals surface area contributed by atoms with Crippen molar-refractivity contribution in [3.63, 3.8) is 0 Å². The number of thiophene rings is 2. The molecule has 3 heteroatoms. The van der Waals surface area contributed by atoms with Crippen molar-refractivity contribution in [2.45, 2.75) is 12.8 Å². The minimum absolute atomic E-state index is 1.12. The Bertz CT molecular complexity index is 2360. The van der Waals surface area contributed by atoms with Crippen LogP contribution in [0.3, 0.4) is 0 Å². The van der Waals surface area contributed by atoms with Crippen LogP contribution in [0.2, 0.25) is 0 Å². The second kappa shape index (κ2) is 10.9. The summed E-state index contributed by atoms with van der Waals surface area (Å²) in [6.07, 6.45) is 6.90. The van der Waals surface area contributed by atoms with E-state index in [0.29, 0.717) is 0 Å². The molecule has 1 aliphatic rings. The fourth-order valence-electron chi connectivity index (χ4n) is 6.73. The molecule has 6 aromatic carbocycles. The topological polar surface area (TPSA) is 3.24 Å². The number of nitrogens with zero attached hydrogens (tertiary/aromatic N) is 1. The zero-order valence-corrected chi connectivity index (χ0v) is 26.2. The van der Waals surface area contributed by atoms with Gasteiger partial charge < -0.3 is 4.90 Å². The Kier molecular flexibility index (Phi) is 6.40. The second-order valence-corrected chi connectivity index (χ2v) is 13.9. The summed E-state index contributed by atoms with van der Waals surface area (Å²) < 4.78 is 3.97. The minimum Gasteiger partial charge on any atom is -0.310 e. The normalized spacial score (nSPS) is 12.6. The van der Waals surface area contributed by atoms with Crippen LogP contribution in [0.4, 0.5) is 17.1 Å². The number of anilines is 3. The highest BCUT2D eigenvalue weighted by Crippen LogP contribution is 2.48. The fourth-order valence-corrected chi connectivity index (χ4v) is 9.10. The number of benzene rings is 6. The van der Waals surface area contributed by atoms with Gasteiger partial charge in [-0.1, -0.05) is 109 Å². The van der Waals surface area contributed by atoms with Crippen LogP contribution in [0.15, 0.2) is 146 Å². The first-order chi connectivity index (χ1) is 22.3. The van der Waals surface area contributed by atoms with Crippen LogP contribution in [0.5, 0.6) is 0 Å². The van der Waals surface area contributed by atoms with Gasteiger partial charge in [-0.15, -0.1) is 22.7 Å². The van der Waals surface area contributed by atoms with E-state index in [0.717, 1.165) is 18.5 Å². The molecule has 1 nitrogen and oxygen atoms in total. The van der Waals surface area contributed by atoms with E-state index in [1.165, 1.54) is 74.3 Å². The van der Waals surface area contributed by atoms with Crippen LogP contribution in [0.25, 0.3) is 58.6 Å². The molecule has 1 aliphatic carbocycles. The lowest BCUT2D eigenvalue weighted by Crippen LogP contribution is -2.11. The molecule has 0 atom stereocenters. The largest absolute Gasteiger partial charge is 0.310 e. The Morgan fingerprint density at radius 1 is 0.489 bits per heavy atom. The molecule has 0 radical (unpaired) electrons. The average molecular weight is 612 g/mol. The van der Waals surface area contributed by atoms with E-state index in [2.05, 4.69) is 157 Å². The monoisotopic (exact) mass is 611 g/mol. The number of fused-ring (bicyclic) bond motifs is 6. The molecule has 0 saturated carbocycles. The number of hydrogen-bond acceptors (Lipinski definition) is 3. The molecule has 0 N–H and O–H groups in total. The van der Waals surface area contributed by atoms with Gasteiger partial charge in [-0.05, 0) is 77.6 Å². The second-order valence-electron chi connectivity index (χ2n) is 11.6. The number of allylic oxidation sites excluding steroid dienone is 1. The van der Waals surface area contributed by atoms with Crippen molar-refractivity contribution in [1.82, 2.24) is 0 Å². The lowest BCUT2D eigenvalue weighted by atomic mass is 9.96. The van der Waals surface area contributed by atoms with Crippen molar-refractivity contribution in [3.05, 3.63) is 156 Å². The maximum Gasteiger partial charge on any atom is 0.0554 e. The first-order valence-electron chi connectivity index (χ1n) is 15.5. The van der Waals surface area contributed by atoms with Crippen molar-refractivity contribution < 1.29 is 0 Å². The van der Waals surface area contributed by atoms with Gasteiger partial charge in [0, 0.05) is 52.1 Å². The molecular formula is C42H29NS2. The molecule has 2 heterocycles. The van der Waals surface area contributed by atoms with E-state index in [9.17, 15) is 0 Å². The third kappa shape index (κ3) is 4.59. The van der Waals surface area contributed by atoms with Crippen molar-refractivity contribution >= 4 is 76.1 Å². The highest BCUT2D eigenvalue weighted by Gasteiger charge is 2.22. The standard InChI is InChI=1S/C42H29NS2/c1-3-11-28(12-4-1)29-19-21-31(22-20-29)43(32-23-24-35-33-15-7-9-17-39(33)44-41(35)25-32)38-27-42-37(34-16-8-10-18-40(34)45-42)26-36(38)30-13-5-2-6-14-30/h1-9,11-17,19-27H,10,18H2. The molecule has 0 unspecified atom stereocenters. The summed E-state index contributed by atoms with van der Waals surface area (Å²) in [5, 5.41) is 3.99. The highest BCUT2D eigenvalue weighted by atomic mass is 32.1. The van der Waals surface area contributed by atoms with Gasteiger partial charge in [-0.2, -0.15) is 0 Å². The molecule has 9 rings (SSSR count). The Labute approximate surface area is 271 Å². The van der Waals surface area contributed by atoms with E-state index in [4.69, 9.17) is 0 Å². The number of aryl methyl sites for hydroxylation is 1. The Morgan fingerprint density at radius 3 is 1.98 bits per heavy atom. The molecule has 0 aliphatic heterocycles. The number of hydrogen-bond donors (Lipinski definition) is 0. The van der Waals surface area contributed by atoms with E-state index in [-0.39, 0.29) is 0 Å². The smallest absolute Gasteiger partial charge is 0.0554 e. The summed E-state index contributed by atoms with van der Waals surface area (Å²) in [5.74, 6) is 0. The maximum atomic E-state index is 2.47. The van der Waals surface area contributed by atoms with Crippen molar-refractivity contribution in [3.8, 4) is 22.3 Å². The molecular weight excluding hydrogens is 583 g/mol. The van der Waals surface area contributed by atoms with Gasteiger partial charge in [-0.3, -0.25) is 0 Å². The first-order valence-corrected chi connectivity index (χ1v) is 17.1. The molecule has 45 heavy (non-hydrogen) atoms. The van der Waals surface area contributed by atoms with Gasteiger partial charge in [0.05, 0.1) is 5.69 Å². The molecule has 0 fully saturated rings. The zero-order chi connectivity index (χ0) is 29.7.